The number of halogens is 4. The third kappa shape index (κ3) is 7.08. The van der Waals surface area contributed by atoms with E-state index in [1.165, 1.54) is 0 Å². The van der Waals surface area contributed by atoms with Gasteiger partial charge in [0.25, 0.3) is 0 Å². The van der Waals surface area contributed by atoms with E-state index in [4.69, 9.17) is 16.3 Å². The van der Waals surface area contributed by atoms with Crippen LogP contribution in [0.3, 0.4) is 0 Å². The molecule has 0 aromatic heterocycles. The molecule has 38 heavy (non-hydrogen) atoms. The molecular weight excluding hydrogens is 517 g/mol. The minimum Gasteiger partial charge on any atom is -0.373 e. The Bertz CT molecular complexity index is 1100. The highest BCUT2D eigenvalue weighted by atomic mass is 35.5. The molecular formula is C29H36ClF3N2O3. The van der Waals surface area contributed by atoms with Gasteiger partial charge in [-0.2, -0.15) is 13.2 Å². The number of alkyl halides is 4. The Balaban J connectivity index is 1.84. The standard InChI is InChI=1S/C29H36ClF3N2O3/c1-20-16-22(18-24(17-20)29(31,32)33)21(2)38-19-27(23-8-5-4-6-9-23)11-13-28(14-12-27,26(37)34-3)35-25(36)10-7-15-30/h4-6,8-9,16-18,21H,7,10-15,19H2,1-3H3,(H,34,37)(H,35,36)/t21-,27?,28?/m1/s1. The number of hydrogen-bond acceptors (Lipinski definition) is 3. The Morgan fingerprint density at radius 3 is 2.32 bits per heavy atom. The van der Waals surface area contributed by atoms with Crippen molar-refractivity contribution >= 4 is 23.4 Å². The molecule has 0 aliphatic heterocycles. The van der Waals surface area contributed by atoms with Crippen molar-refractivity contribution in [3.05, 3.63) is 70.8 Å². The van der Waals surface area contributed by atoms with E-state index < -0.39 is 28.8 Å². The number of carbonyl (C=O) groups excluding carboxylic acids is 2. The van der Waals surface area contributed by atoms with Gasteiger partial charge in [-0.1, -0.05) is 42.0 Å². The lowest BCUT2D eigenvalue weighted by Crippen LogP contribution is -2.61. The Hall–Kier alpha value is -2.58. The molecule has 0 unspecified atom stereocenters. The summed E-state index contributed by atoms with van der Waals surface area (Å²) in [4.78, 5) is 25.5. The van der Waals surface area contributed by atoms with E-state index in [-0.39, 0.29) is 24.8 Å². The van der Waals surface area contributed by atoms with Gasteiger partial charge in [0.15, 0.2) is 0 Å². The summed E-state index contributed by atoms with van der Waals surface area (Å²) in [5.41, 5.74) is -0.196. The predicted octanol–water partition coefficient (Wildman–Crippen LogP) is 6.22. The van der Waals surface area contributed by atoms with Crippen molar-refractivity contribution in [3.8, 4) is 0 Å². The van der Waals surface area contributed by atoms with Crippen LogP contribution < -0.4 is 10.6 Å². The average Bonchev–Trinajstić information content (AvgIpc) is 2.90. The molecule has 1 saturated carbocycles. The van der Waals surface area contributed by atoms with Gasteiger partial charge in [-0.15, -0.1) is 11.6 Å². The molecule has 0 bridgehead atoms. The van der Waals surface area contributed by atoms with Crippen LogP contribution in [-0.4, -0.2) is 36.9 Å². The number of amides is 2. The molecule has 1 aliphatic carbocycles. The van der Waals surface area contributed by atoms with E-state index in [1.54, 1.807) is 27.0 Å². The number of likely N-dealkylation sites (N-methyl/N-ethyl adjacent to an activating group) is 1. The first-order valence-corrected chi connectivity index (χ1v) is 13.4. The lowest BCUT2D eigenvalue weighted by atomic mass is 9.64. The maximum absolute atomic E-state index is 13.4. The molecule has 2 N–H and O–H groups in total. The number of benzene rings is 2. The first-order chi connectivity index (χ1) is 17.9. The molecule has 208 valence electrons. The zero-order chi connectivity index (χ0) is 28.0. The third-order valence-electron chi connectivity index (χ3n) is 7.53. The SMILES string of the molecule is CNC(=O)C1(NC(=O)CCCCl)CCC(CO[C@H](C)c2cc(C)cc(C(F)(F)F)c2)(c2ccccc2)CC1. The highest BCUT2D eigenvalue weighted by Crippen LogP contribution is 2.44. The van der Waals surface area contributed by atoms with Crippen LogP contribution in [0.5, 0.6) is 0 Å². The summed E-state index contributed by atoms with van der Waals surface area (Å²) >= 11 is 5.73. The van der Waals surface area contributed by atoms with Gasteiger partial charge in [-0.25, -0.2) is 0 Å². The molecule has 3 rings (SSSR count). The summed E-state index contributed by atoms with van der Waals surface area (Å²) in [6.07, 6.45) is -2.36. The van der Waals surface area contributed by atoms with E-state index in [0.29, 0.717) is 49.1 Å². The van der Waals surface area contributed by atoms with Crippen molar-refractivity contribution in [3.63, 3.8) is 0 Å². The van der Waals surface area contributed by atoms with Gasteiger partial charge in [-0.05, 0) is 69.2 Å². The minimum absolute atomic E-state index is 0.216. The number of hydrogen-bond donors (Lipinski definition) is 2. The summed E-state index contributed by atoms with van der Waals surface area (Å²) in [5, 5.41) is 5.66. The fourth-order valence-corrected chi connectivity index (χ4v) is 5.39. The van der Waals surface area contributed by atoms with Gasteiger partial charge in [0.2, 0.25) is 11.8 Å². The summed E-state index contributed by atoms with van der Waals surface area (Å²) < 4.78 is 46.4. The van der Waals surface area contributed by atoms with Crippen molar-refractivity contribution in [1.82, 2.24) is 10.6 Å². The normalized spacial score (nSPS) is 22.5. The van der Waals surface area contributed by atoms with Crippen LogP contribution >= 0.6 is 11.6 Å². The molecule has 0 heterocycles. The van der Waals surface area contributed by atoms with Gasteiger partial charge >= 0.3 is 6.18 Å². The third-order valence-corrected chi connectivity index (χ3v) is 7.80. The quantitative estimate of drug-likeness (QED) is 0.344. The Labute approximate surface area is 227 Å². The first-order valence-electron chi connectivity index (χ1n) is 12.9. The van der Waals surface area contributed by atoms with Crippen LogP contribution in [0.15, 0.2) is 48.5 Å². The molecule has 9 heteroatoms. The summed E-state index contributed by atoms with van der Waals surface area (Å²) in [6, 6.07) is 13.8. The van der Waals surface area contributed by atoms with Crippen LogP contribution in [-0.2, 0) is 25.9 Å². The number of rotatable bonds is 10. The van der Waals surface area contributed by atoms with E-state index in [0.717, 1.165) is 17.7 Å². The van der Waals surface area contributed by atoms with Crippen LogP contribution in [0, 0.1) is 6.92 Å². The lowest BCUT2D eigenvalue weighted by Gasteiger charge is -2.46. The Morgan fingerprint density at radius 2 is 1.74 bits per heavy atom. The van der Waals surface area contributed by atoms with Gasteiger partial charge in [0.05, 0.1) is 18.3 Å². The summed E-state index contributed by atoms with van der Waals surface area (Å²) in [5.74, 6) is -0.100. The number of ether oxygens (including phenoxy) is 1. The second kappa shape index (κ2) is 12.5. The molecule has 2 aromatic carbocycles. The molecule has 5 nitrogen and oxygen atoms in total. The number of aryl methyl sites for hydroxylation is 1. The second-order valence-corrected chi connectivity index (χ2v) is 10.6. The van der Waals surface area contributed by atoms with Crippen molar-refractivity contribution in [1.29, 1.82) is 0 Å². The lowest BCUT2D eigenvalue weighted by molar-refractivity contribution is -0.137. The molecule has 0 spiro atoms. The molecule has 1 atom stereocenters. The zero-order valence-electron chi connectivity index (χ0n) is 22.1. The average molecular weight is 553 g/mol. The summed E-state index contributed by atoms with van der Waals surface area (Å²) in [7, 11) is 1.55. The zero-order valence-corrected chi connectivity index (χ0v) is 22.8. The number of carbonyl (C=O) groups is 2. The minimum atomic E-state index is -4.44. The second-order valence-electron chi connectivity index (χ2n) is 10.2. The van der Waals surface area contributed by atoms with Gasteiger partial charge in [-0.3, -0.25) is 9.59 Å². The topological polar surface area (TPSA) is 67.4 Å². The van der Waals surface area contributed by atoms with Crippen molar-refractivity contribution < 1.29 is 27.5 Å². The first kappa shape index (κ1) is 30.0. The van der Waals surface area contributed by atoms with E-state index in [9.17, 15) is 22.8 Å². The van der Waals surface area contributed by atoms with Crippen molar-refractivity contribution in [2.24, 2.45) is 0 Å². The van der Waals surface area contributed by atoms with E-state index in [1.807, 2.05) is 30.3 Å². The molecule has 1 fully saturated rings. The monoisotopic (exact) mass is 552 g/mol. The van der Waals surface area contributed by atoms with E-state index in [2.05, 4.69) is 10.6 Å². The molecule has 1 aliphatic rings. The molecule has 2 amide bonds. The maximum atomic E-state index is 13.4. The summed E-state index contributed by atoms with van der Waals surface area (Å²) in [6.45, 7) is 3.65. The highest BCUT2D eigenvalue weighted by Gasteiger charge is 2.48. The molecule has 2 aromatic rings. The Kier molecular flexibility index (Phi) is 9.87. The highest BCUT2D eigenvalue weighted by molar-refractivity contribution is 6.17. The van der Waals surface area contributed by atoms with Crippen LogP contribution in [0.4, 0.5) is 13.2 Å². The smallest absolute Gasteiger partial charge is 0.373 e. The number of nitrogens with one attached hydrogen (secondary N) is 2. The van der Waals surface area contributed by atoms with Crippen LogP contribution in [0.2, 0.25) is 0 Å². The maximum Gasteiger partial charge on any atom is 0.416 e. The van der Waals surface area contributed by atoms with Crippen molar-refractivity contribution in [2.75, 3.05) is 19.5 Å². The van der Waals surface area contributed by atoms with Gasteiger partial charge < -0.3 is 15.4 Å². The van der Waals surface area contributed by atoms with Gasteiger partial charge in [0, 0.05) is 24.8 Å². The van der Waals surface area contributed by atoms with Crippen LogP contribution in [0.1, 0.15) is 73.8 Å². The fourth-order valence-electron chi connectivity index (χ4n) is 5.26. The predicted molar refractivity (Wildman–Crippen MR) is 142 cm³/mol. The van der Waals surface area contributed by atoms with Crippen LogP contribution in [0.25, 0.3) is 0 Å². The largest absolute Gasteiger partial charge is 0.416 e. The molecule has 0 radical (unpaired) electrons. The van der Waals surface area contributed by atoms with Gasteiger partial charge in [0.1, 0.15) is 5.54 Å². The Morgan fingerprint density at radius 1 is 1.08 bits per heavy atom. The van der Waals surface area contributed by atoms with Crippen molar-refractivity contribution in [2.45, 2.75) is 75.6 Å². The van der Waals surface area contributed by atoms with E-state index >= 15 is 0 Å². The fraction of sp³-hybridized carbons (Fsp3) is 0.517. The molecule has 0 saturated heterocycles.